The van der Waals surface area contributed by atoms with E-state index in [1.54, 1.807) is 6.08 Å². The summed E-state index contributed by atoms with van der Waals surface area (Å²) in [5.41, 5.74) is 8.28. The lowest BCUT2D eigenvalue weighted by molar-refractivity contribution is -0.113. The molecule has 0 spiro atoms. The number of nitrogens with zero attached hydrogens (tertiary/aromatic N) is 1. The predicted molar refractivity (Wildman–Crippen MR) is 90.7 cm³/mol. The third kappa shape index (κ3) is 2.90. The van der Waals surface area contributed by atoms with Gasteiger partial charge in [-0.15, -0.1) is 0 Å². The molecule has 0 unspecified atom stereocenters. The molecular formula is C18H15ClN2O. The van der Waals surface area contributed by atoms with Gasteiger partial charge in [0.1, 0.15) is 0 Å². The van der Waals surface area contributed by atoms with Crippen molar-refractivity contribution in [1.29, 1.82) is 0 Å². The number of hydrogen-bond donors (Lipinski definition) is 1. The molecule has 0 saturated heterocycles. The lowest BCUT2D eigenvalue weighted by Crippen LogP contribution is -2.05. The van der Waals surface area contributed by atoms with Crippen LogP contribution in [0.25, 0.3) is 17.0 Å². The molecule has 0 bridgehead atoms. The van der Waals surface area contributed by atoms with Crippen LogP contribution < -0.4 is 5.73 Å². The largest absolute Gasteiger partial charge is 0.366 e. The molecule has 3 nitrogen and oxygen atoms in total. The van der Waals surface area contributed by atoms with Gasteiger partial charge in [0.15, 0.2) is 0 Å². The fourth-order valence-corrected chi connectivity index (χ4v) is 2.72. The Morgan fingerprint density at radius 2 is 1.86 bits per heavy atom. The minimum Gasteiger partial charge on any atom is -0.366 e. The van der Waals surface area contributed by atoms with Gasteiger partial charge in [-0.2, -0.15) is 0 Å². The number of rotatable bonds is 4. The Morgan fingerprint density at radius 1 is 1.14 bits per heavy atom. The van der Waals surface area contributed by atoms with Crippen LogP contribution in [-0.2, 0) is 11.3 Å². The van der Waals surface area contributed by atoms with Crippen molar-refractivity contribution in [2.24, 2.45) is 5.73 Å². The Morgan fingerprint density at radius 3 is 2.64 bits per heavy atom. The number of primary amides is 1. The lowest BCUT2D eigenvalue weighted by Gasteiger charge is -2.07. The maximum atomic E-state index is 11.0. The third-order valence-corrected chi connectivity index (χ3v) is 3.91. The normalized spacial score (nSPS) is 11.3. The van der Waals surface area contributed by atoms with E-state index < -0.39 is 5.91 Å². The van der Waals surface area contributed by atoms with Gasteiger partial charge >= 0.3 is 0 Å². The summed E-state index contributed by atoms with van der Waals surface area (Å²) < 4.78 is 2.12. The first kappa shape index (κ1) is 14.4. The standard InChI is InChI=1S/C18H15ClN2O/c19-16-7-3-1-5-14(16)12-21-11-13(9-10-18(20)22)15-6-2-4-8-17(15)21/h1-11H,12H2,(H2,20,22)/b10-9-. The van der Waals surface area contributed by atoms with Crippen molar-refractivity contribution in [1.82, 2.24) is 4.57 Å². The van der Waals surface area contributed by atoms with Crippen LogP contribution in [0.3, 0.4) is 0 Å². The van der Waals surface area contributed by atoms with Crippen molar-refractivity contribution in [3.63, 3.8) is 0 Å². The molecule has 3 rings (SSSR count). The molecule has 0 aliphatic carbocycles. The molecule has 0 radical (unpaired) electrons. The topological polar surface area (TPSA) is 48.0 Å². The van der Waals surface area contributed by atoms with Crippen molar-refractivity contribution >= 4 is 34.5 Å². The van der Waals surface area contributed by atoms with Crippen LogP contribution in [0, 0.1) is 0 Å². The Balaban J connectivity index is 2.07. The van der Waals surface area contributed by atoms with Crippen molar-refractivity contribution in [2.75, 3.05) is 0 Å². The van der Waals surface area contributed by atoms with Crippen LogP contribution in [0.15, 0.2) is 60.8 Å². The minimum absolute atomic E-state index is 0.456. The van der Waals surface area contributed by atoms with Gasteiger partial charge in [-0.3, -0.25) is 4.79 Å². The molecule has 1 aromatic heterocycles. The fourth-order valence-electron chi connectivity index (χ4n) is 2.52. The van der Waals surface area contributed by atoms with Gasteiger partial charge in [-0.25, -0.2) is 0 Å². The number of para-hydroxylation sites is 1. The Bertz CT molecular complexity index is 864. The monoisotopic (exact) mass is 310 g/mol. The average Bonchev–Trinajstić information content (AvgIpc) is 2.86. The molecule has 0 aliphatic heterocycles. The summed E-state index contributed by atoms with van der Waals surface area (Å²) in [4.78, 5) is 11.0. The molecule has 0 fully saturated rings. The molecule has 2 N–H and O–H groups in total. The van der Waals surface area contributed by atoms with Gasteiger partial charge in [0.05, 0.1) is 0 Å². The quantitative estimate of drug-likeness (QED) is 0.731. The lowest BCUT2D eigenvalue weighted by atomic mass is 10.1. The Labute approximate surface area is 133 Å². The zero-order chi connectivity index (χ0) is 15.5. The van der Waals surface area contributed by atoms with Gasteiger partial charge in [0.2, 0.25) is 5.91 Å². The molecule has 0 atom stereocenters. The smallest absolute Gasteiger partial charge is 0.241 e. The van der Waals surface area contributed by atoms with E-state index in [9.17, 15) is 4.79 Å². The second kappa shape index (κ2) is 6.08. The zero-order valence-corrected chi connectivity index (χ0v) is 12.6. The minimum atomic E-state index is -0.456. The van der Waals surface area contributed by atoms with Crippen molar-refractivity contribution in [3.8, 4) is 0 Å². The molecule has 3 aromatic rings. The molecule has 110 valence electrons. The SMILES string of the molecule is NC(=O)/C=C\c1cn(Cc2ccccc2Cl)c2ccccc12. The highest BCUT2D eigenvalue weighted by atomic mass is 35.5. The molecule has 1 amide bonds. The number of aromatic nitrogens is 1. The number of fused-ring (bicyclic) bond motifs is 1. The van der Waals surface area contributed by atoms with Gasteiger partial charge < -0.3 is 10.3 Å². The van der Waals surface area contributed by atoms with E-state index in [4.69, 9.17) is 17.3 Å². The van der Waals surface area contributed by atoms with Crippen LogP contribution in [0.1, 0.15) is 11.1 Å². The molecule has 0 saturated carbocycles. The average molecular weight is 311 g/mol. The van der Waals surface area contributed by atoms with E-state index in [1.165, 1.54) is 6.08 Å². The van der Waals surface area contributed by atoms with Crippen molar-refractivity contribution in [2.45, 2.75) is 6.54 Å². The first-order chi connectivity index (χ1) is 10.6. The van der Waals surface area contributed by atoms with E-state index in [2.05, 4.69) is 4.57 Å². The van der Waals surface area contributed by atoms with Crippen LogP contribution in [0.5, 0.6) is 0 Å². The van der Waals surface area contributed by atoms with E-state index >= 15 is 0 Å². The number of halogens is 1. The maximum Gasteiger partial charge on any atom is 0.241 e. The second-order valence-corrected chi connectivity index (χ2v) is 5.46. The molecule has 22 heavy (non-hydrogen) atoms. The number of carbonyl (C=O) groups excluding carboxylic acids is 1. The Kier molecular flexibility index (Phi) is 3.98. The van der Waals surface area contributed by atoms with E-state index in [0.29, 0.717) is 6.54 Å². The number of carbonyl (C=O) groups is 1. The summed E-state index contributed by atoms with van der Waals surface area (Å²) in [6.07, 6.45) is 5.13. The van der Waals surface area contributed by atoms with E-state index in [0.717, 1.165) is 27.1 Å². The van der Waals surface area contributed by atoms with Crippen LogP contribution in [0.2, 0.25) is 5.02 Å². The van der Waals surface area contributed by atoms with Crippen LogP contribution in [-0.4, -0.2) is 10.5 Å². The molecule has 0 aliphatic rings. The Hall–Kier alpha value is -2.52. The summed E-state index contributed by atoms with van der Waals surface area (Å²) >= 11 is 6.25. The van der Waals surface area contributed by atoms with Gasteiger partial charge in [-0.1, -0.05) is 48.0 Å². The zero-order valence-electron chi connectivity index (χ0n) is 11.9. The van der Waals surface area contributed by atoms with Crippen LogP contribution in [0.4, 0.5) is 0 Å². The molecule has 1 heterocycles. The highest BCUT2D eigenvalue weighted by Crippen LogP contribution is 2.25. The highest BCUT2D eigenvalue weighted by molar-refractivity contribution is 6.31. The van der Waals surface area contributed by atoms with Gasteiger partial charge in [0, 0.05) is 40.3 Å². The third-order valence-electron chi connectivity index (χ3n) is 3.55. The molecule has 4 heteroatoms. The first-order valence-corrected chi connectivity index (χ1v) is 7.32. The summed E-state index contributed by atoms with van der Waals surface area (Å²) in [5.74, 6) is -0.456. The van der Waals surface area contributed by atoms with Crippen LogP contribution >= 0.6 is 11.6 Å². The van der Waals surface area contributed by atoms with E-state index in [-0.39, 0.29) is 0 Å². The fraction of sp³-hybridized carbons (Fsp3) is 0.0556. The first-order valence-electron chi connectivity index (χ1n) is 6.94. The van der Waals surface area contributed by atoms with Crippen molar-refractivity contribution < 1.29 is 4.79 Å². The van der Waals surface area contributed by atoms with Gasteiger partial charge in [-0.05, 0) is 23.8 Å². The second-order valence-electron chi connectivity index (χ2n) is 5.06. The number of nitrogens with two attached hydrogens (primary N) is 1. The maximum absolute atomic E-state index is 11.0. The number of hydrogen-bond acceptors (Lipinski definition) is 1. The summed E-state index contributed by atoms with van der Waals surface area (Å²) in [6, 6.07) is 15.8. The molecule has 2 aromatic carbocycles. The summed E-state index contributed by atoms with van der Waals surface area (Å²) in [5, 5.41) is 1.82. The summed E-state index contributed by atoms with van der Waals surface area (Å²) in [6.45, 7) is 0.671. The number of benzene rings is 2. The summed E-state index contributed by atoms with van der Waals surface area (Å²) in [7, 11) is 0. The number of amides is 1. The van der Waals surface area contributed by atoms with Crippen molar-refractivity contribution in [3.05, 3.63) is 77.0 Å². The predicted octanol–water partition coefficient (Wildman–Crippen LogP) is 3.84. The van der Waals surface area contributed by atoms with E-state index in [1.807, 2.05) is 54.7 Å². The van der Waals surface area contributed by atoms with Gasteiger partial charge in [0.25, 0.3) is 0 Å². The molecular weight excluding hydrogens is 296 g/mol. The highest BCUT2D eigenvalue weighted by Gasteiger charge is 2.08.